The molecule has 0 spiro atoms. The Morgan fingerprint density at radius 3 is 2.60 bits per heavy atom. The van der Waals surface area contributed by atoms with Crippen LogP contribution in [0.3, 0.4) is 0 Å². The number of morpholine rings is 1. The minimum Gasteiger partial charge on any atom is -0.479 e. The Hall–Kier alpha value is -1.39. The molecule has 1 heterocycles. The number of carboxylic acids is 1. The molecule has 1 N–H and O–H groups in total. The molecule has 0 bridgehead atoms. The summed E-state index contributed by atoms with van der Waals surface area (Å²) in [5.41, 5.74) is 2.58. The summed E-state index contributed by atoms with van der Waals surface area (Å²) in [7, 11) is 0. The second-order valence-corrected chi connectivity index (χ2v) is 5.85. The van der Waals surface area contributed by atoms with Crippen LogP contribution in [0.2, 0.25) is 0 Å². The summed E-state index contributed by atoms with van der Waals surface area (Å²) < 4.78 is 5.23. The SMILES string of the molecule is CC(C)Cc1ccc(CN2CCOC(C(=O)O)C2)cc1. The second-order valence-electron chi connectivity index (χ2n) is 5.85. The van der Waals surface area contributed by atoms with Crippen molar-refractivity contribution in [2.24, 2.45) is 5.92 Å². The van der Waals surface area contributed by atoms with E-state index in [4.69, 9.17) is 9.84 Å². The largest absolute Gasteiger partial charge is 0.479 e. The zero-order valence-electron chi connectivity index (χ0n) is 12.2. The van der Waals surface area contributed by atoms with Gasteiger partial charge < -0.3 is 9.84 Å². The first-order valence-electron chi connectivity index (χ1n) is 7.19. The maximum absolute atomic E-state index is 10.9. The van der Waals surface area contributed by atoms with Crippen LogP contribution in [0, 0.1) is 5.92 Å². The van der Waals surface area contributed by atoms with Crippen LogP contribution >= 0.6 is 0 Å². The molecular weight excluding hydrogens is 254 g/mol. The van der Waals surface area contributed by atoms with Crippen LogP contribution in [0.5, 0.6) is 0 Å². The molecule has 4 heteroatoms. The van der Waals surface area contributed by atoms with Crippen molar-refractivity contribution in [3.05, 3.63) is 35.4 Å². The first-order chi connectivity index (χ1) is 9.54. The van der Waals surface area contributed by atoms with Crippen molar-refractivity contribution >= 4 is 5.97 Å². The van der Waals surface area contributed by atoms with Crippen LogP contribution in [0.15, 0.2) is 24.3 Å². The van der Waals surface area contributed by atoms with Gasteiger partial charge in [-0.05, 0) is 23.5 Å². The van der Waals surface area contributed by atoms with Gasteiger partial charge in [-0.15, -0.1) is 0 Å². The van der Waals surface area contributed by atoms with E-state index in [0.29, 0.717) is 19.1 Å². The number of carbonyl (C=O) groups is 1. The van der Waals surface area contributed by atoms with Crippen LogP contribution in [-0.4, -0.2) is 41.8 Å². The third-order valence-electron chi connectivity index (χ3n) is 3.50. The molecule has 1 aromatic rings. The van der Waals surface area contributed by atoms with Crippen molar-refractivity contribution in [2.45, 2.75) is 32.9 Å². The van der Waals surface area contributed by atoms with Crippen molar-refractivity contribution in [1.82, 2.24) is 4.90 Å². The van der Waals surface area contributed by atoms with Gasteiger partial charge in [-0.1, -0.05) is 38.1 Å². The van der Waals surface area contributed by atoms with E-state index in [2.05, 4.69) is 43.0 Å². The van der Waals surface area contributed by atoms with Crippen LogP contribution in [0.1, 0.15) is 25.0 Å². The van der Waals surface area contributed by atoms with E-state index in [-0.39, 0.29) is 0 Å². The standard InChI is InChI=1S/C16H23NO3/c1-12(2)9-13-3-5-14(6-4-13)10-17-7-8-20-15(11-17)16(18)19/h3-6,12,15H,7-11H2,1-2H3,(H,18,19). The molecule has 20 heavy (non-hydrogen) atoms. The highest BCUT2D eigenvalue weighted by Crippen LogP contribution is 2.13. The van der Waals surface area contributed by atoms with E-state index in [1.165, 1.54) is 11.1 Å². The molecule has 1 aliphatic heterocycles. The van der Waals surface area contributed by atoms with Crippen LogP contribution in [0.25, 0.3) is 0 Å². The van der Waals surface area contributed by atoms with Crippen molar-refractivity contribution in [2.75, 3.05) is 19.7 Å². The topological polar surface area (TPSA) is 49.8 Å². The van der Waals surface area contributed by atoms with Crippen LogP contribution < -0.4 is 0 Å². The number of benzene rings is 1. The fourth-order valence-corrected chi connectivity index (χ4v) is 2.51. The fourth-order valence-electron chi connectivity index (χ4n) is 2.51. The van der Waals surface area contributed by atoms with E-state index in [1.54, 1.807) is 0 Å². The smallest absolute Gasteiger partial charge is 0.334 e. The van der Waals surface area contributed by atoms with Crippen molar-refractivity contribution in [3.63, 3.8) is 0 Å². The van der Waals surface area contributed by atoms with Gasteiger partial charge in [0.2, 0.25) is 0 Å². The Bertz CT molecular complexity index is 442. The van der Waals surface area contributed by atoms with Gasteiger partial charge in [0.05, 0.1) is 6.61 Å². The third kappa shape index (κ3) is 4.32. The monoisotopic (exact) mass is 277 g/mol. The quantitative estimate of drug-likeness (QED) is 0.896. The summed E-state index contributed by atoms with van der Waals surface area (Å²) in [6.45, 7) is 6.96. The molecule has 0 aromatic heterocycles. The highest BCUT2D eigenvalue weighted by Gasteiger charge is 2.25. The maximum Gasteiger partial charge on any atom is 0.334 e. The number of carboxylic acid groups (broad SMARTS) is 1. The number of ether oxygens (including phenoxy) is 1. The number of aliphatic carboxylic acids is 1. The predicted molar refractivity (Wildman–Crippen MR) is 77.6 cm³/mol. The molecule has 0 saturated carbocycles. The Morgan fingerprint density at radius 2 is 2.00 bits per heavy atom. The number of hydrogen-bond donors (Lipinski definition) is 1. The van der Waals surface area contributed by atoms with Gasteiger partial charge in [0.15, 0.2) is 6.10 Å². The minimum absolute atomic E-state index is 0.461. The van der Waals surface area contributed by atoms with Gasteiger partial charge in [-0.25, -0.2) is 4.79 Å². The van der Waals surface area contributed by atoms with Crippen molar-refractivity contribution in [1.29, 1.82) is 0 Å². The summed E-state index contributed by atoms with van der Waals surface area (Å²) in [5.74, 6) is -0.210. The Labute approximate surface area is 120 Å². The van der Waals surface area contributed by atoms with E-state index >= 15 is 0 Å². The van der Waals surface area contributed by atoms with Gasteiger partial charge >= 0.3 is 5.97 Å². The lowest BCUT2D eigenvalue weighted by Crippen LogP contribution is -2.45. The first-order valence-corrected chi connectivity index (χ1v) is 7.19. The molecule has 110 valence electrons. The van der Waals surface area contributed by atoms with Gasteiger partial charge in [0, 0.05) is 19.6 Å². The zero-order valence-corrected chi connectivity index (χ0v) is 12.2. The first kappa shape index (κ1) is 15.0. The lowest BCUT2D eigenvalue weighted by molar-refractivity contribution is -0.156. The van der Waals surface area contributed by atoms with Crippen molar-refractivity contribution < 1.29 is 14.6 Å². The number of hydrogen-bond acceptors (Lipinski definition) is 3. The highest BCUT2D eigenvalue weighted by molar-refractivity contribution is 5.72. The van der Waals surface area contributed by atoms with E-state index in [9.17, 15) is 4.79 Å². The molecule has 0 radical (unpaired) electrons. The third-order valence-corrected chi connectivity index (χ3v) is 3.50. The maximum atomic E-state index is 10.9. The van der Waals surface area contributed by atoms with E-state index < -0.39 is 12.1 Å². The second kappa shape index (κ2) is 6.86. The molecule has 2 rings (SSSR count). The number of rotatable bonds is 5. The van der Waals surface area contributed by atoms with Gasteiger partial charge in [-0.2, -0.15) is 0 Å². The van der Waals surface area contributed by atoms with Gasteiger partial charge in [0.1, 0.15) is 0 Å². The molecule has 0 amide bonds. The summed E-state index contributed by atoms with van der Waals surface area (Å²) >= 11 is 0. The van der Waals surface area contributed by atoms with Crippen LogP contribution in [0.4, 0.5) is 0 Å². The van der Waals surface area contributed by atoms with E-state index in [0.717, 1.165) is 19.5 Å². The van der Waals surface area contributed by atoms with Gasteiger partial charge in [-0.3, -0.25) is 4.90 Å². The molecular formula is C16H23NO3. The molecule has 1 unspecified atom stereocenters. The minimum atomic E-state index is -0.873. The fraction of sp³-hybridized carbons (Fsp3) is 0.562. The average Bonchev–Trinajstić information content (AvgIpc) is 2.41. The number of nitrogens with zero attached hydrogens (tertiary/aromatic N) is 1. The Kier molecular flexibility index (Phi) is 5.15. The van der Waals surface area contributed by atoms with E-state index in [1.807, 2.05) is 0 Å². The Balaban J connectivity index is 1.91. The molecule has 0 aliphatic carbocycles. The lowest BCUT2D eigenvalue weighted by Gasteiger charge is -2.30. The van der Waals surface area contributed by atoms with Crippen LogP contribution in [-0.2, 0) is 22.5 Å². The zero-order chi connectivity index (χ0) is 14.5. The Morgan fingerprint density at radius 1 is 1.35 bits per heavy atom. The lowest BCUT2D eigenvalue weighted by atomic mass is 10.0. The summed E-state index contributed by atoms with van der Waals surface area (Å²) in [6.07, 6.45) is 0.405. The molecule has 4 nitrogen and oxygen atoms in total. The summed E-state index contributed by atoms with van der Waals surface area (Å²) in [5, 5.41) is 8.99. The molecule has 1 aliphatic rings. The summed E-state index contributed by atoms with van der Waals surface area (Å²) in [6, 6.07) is 8.63. The van der Waals surface area contributed by atoms with Crippen molar-refractivity contribution in [3.8, 4) is 0 Å². The molecule has 1 aromatic carbocycles. The van der Waals surface area contributed by atoms with Gasteiger partial charge in [0.25, 0.3) is 0 Å². The normalized spacial score (nSPS) is 20.2. The average molecular weight is 277 g/mol. The summed E-state index contributed by atoms with van der Waals surface area (Å²) in [4.78, 5) is 13.1. The molecule has 1 saturated heterocycles. The molecule has 1 fully saturated rings. The molecule has 1 atom stereocenters. The predicted octanol–water partition coefficient (Wildman–Crippen LogP) is 2.17. The highest BCUT2D eigenvalue weighted by atomic mass is 16.5.